The van der Waals surface area contributed by atoms with Crippen molar-refractivity contribution < 1.29 is 5.11 Å². The van der Waals surface area contributed by atoms with Crippen LogP contribution in [0.15, 0.2) is 0 Å². The van der Waals surface area contributed by atoms with Crippen molar-refractivity contribution in [3.8, 4) is 0 Å². The smallest absolute Gasteiger partial charge is 0.0586 e. The van der Waals surface area contributed by atoms with Gasteiger partial charge in [0.05, 0.1) is 6.61 Å². The Labute approximate surface area is 111 Å². The minimum atomic E-state index is 0.381. The topological polar surface area (TPSA) is 23.5 Å². The van der Waals surface area contributed by atoms with E-state index in [-0.39, 0.29) is 0 Å². The van der Waals surface area contributed by atoms with E-state index in [2.05, 4.69) is 4.90 Å². The Hall–Kier alpha value is -0.0800. The van der Waals surface area contributed by atoms with Crippen LogP contribution >= 0.6 is 0 Å². The van der Waals surface area contributed by atoms with Gasteiger partial charge in [0.2, 0.25) is 0 Å². The van der Waals surface area contributed by atoms with Crippen LogP contribution in [0.5, 0.6) is 0 Å². The first-order chi connectivity index (χ1) is 8.76. The predicted octanol–water partition coefficient (Wildman–Crippen LogP) is 2.66. The molecule has 1 saturated heterocycles. The number of hydrogen-bond donors (Lipinski definition) is 1. The molecule has 2 nitrogen and oxygen atoms in total. The average Bonchev–Trinajstić information content (AvgIpc) is 2.73. The van der Waals surface area contributed by atoms with Crippen molar-refractivity contribution in [2.75, 3.05) is 19.7 Å². The lowest BCUT2D eigenvalue weighted by Gasteiger charge is -2.58. The molecule has 1 aliphatic heterocycles. The summed E-state index contributed by atoms with van der Waals surface area (Å²) < 4.78 is 0. The van der Waals surface area contributed by atoms with Crippen LogP contribution in [-0.4, -0.2) is 35.7 Å². The van der Waals surface area contributed by atoms with Crippen molar-refractivity contribution >= 4 is 0 Å². The minimum Gasteiger partial charge on any atom is -0.395 e. The fourth-order valence-corrected chi connectivity index (χ4v) is 6.22. The van der Waals surface area contributed by atoms with Crippen LogP contribution in [0.4, 0.5) is 0 Å². The fraction of sp³-hybridized carbons (Fsp3) is 1.00. The summed E-state index contributed by atoms with van der Waals surface area (Å²) in [5.74, 6) is 3.18. The molecule has 4 saturated carbocycles. The first-order valence-electron chi connectivity index (χ1n) is 8.11. The van der Waals surface area contributed by atoms with E-state index in [1.54, 1.807) is 19.3 Å². The molecule has 102 valence electrons. The Balaban J connectivity index is 1.50. The highest BCUT2D eigenvalue weighted by Crippen LogP contribution is 2.60. The first-order valence-corrected chi connectivity index (χ1v) is 8.11. The van der Waals surface area contributed by atoms with Gasteiger partial charge in [-0.2, -0.15) is 0 Å². The summed E-state index contributed by atoms with van der Waals surface area (Å²) in [6.07, 6.45) is 11.7. The van der Waals surface area contributed by atoms with Crippen molar-refractivity contribution in [3.63, 3.8) is 0 Å². The van der Waals surface area contributed by atoms with Gasteiger partial charge in [0, 0.05) is 12.6 Å². The molecule has 1 N–H and O–H groups in total. The van der Waals surface area contributed by atoms with E-state index in [1.165, 1.54) is 45.2 Å². The maximum atomic E-state index is 9.51. The van der Waals surface area contributed by atoms with E-state index in [1.807, 2.05) is 0 Å². The second kappa shape index (κ2) is 4.21. The van der Waals surface area contributed by atoms with Crippen LogP contribution < -0.4 is 0 Å². The lowest BCUT2D eigenvalue weighted by atomic mass is 9.49. The largest absolute Gasteiger partial charge is 0.395 e. The second-order valence-electron chi connectivity index (χ2n) is 7.87. The van der Waals surface area contributed by atoms with Gasteiger partial charge in [-0.15, -0.1) is 0 Å². The van der Waals surface area contributed by atoms with Gasteiger partial charge in [-0.3, -0.25) is 4.90 Å². The highest BCUT2D eigenvalue weighted by atomic mass is 16.3. The number of nitrogens with zero attached hydrogens (tertiary/aromatic N) is 1. The Morgan fingerprint density at radius 3 is 2.17 bits per heavy atom. The predicted molar refractivity (Wildman–Crippen MR) is 72.3 cm³/mol. The molecule has 0 aromatic carbocycles. The zero-order valence-corrected chi connectivity index (χ0v) is 11.5. The Bertz CT molecular complexity index is 292. The maximum Gasteiger partial charge on any atom is 0.0586 e. The molecular formula is C16H27NO. The molecule has 0 aromatic heterocycles. The van der Waals surface area contributed by atoms with Gasteiger partial charge in [-0.1, -0.05) is 0 Å². The molecule has 0 aromatic rings. The zero-order chi connectivity index (χ0) is 12.2. The van der Waals surface area contributed by atoms with E-state index >= 15 is 0 Å². The summed E-state index contributed by atoms with van der Waals surface area (Å²) in [7, 11) is 0. The highest BCUT2D eigenvalue weighted by molar-refractivity contribution is 5.03. The number of hydrogen-bond acceptors (Lipinski definition) is 2. The molecule has 4 bridgehead atoms. The Morgan fingerprint density at radius 1 is 1.00 bits per heavy atom. The quantitative estimate of drug-likeness (QED) is 0.831. The van der Waals surface area contributed by atoms with Crippen LogP contribution in [-0.2, 0) is 0 Å². The molecule has 5 aliphatic rings. The standard InChI is InChI=1S/C16H27NO/c18-10-15-2-1-3-17(15)11-16-7-12-4-13(8-16)6-14(5-12)9-16/h12-15,18H,1-11H2/t12?,13?,14?,15-,16?/m1/s1. The Kier molecular flexibility index (Phi) is 2.74. The van der Waals surface area contributed by atoms with Crippen molar-refractivity contribution in [2.45, 2.75) is 57.4 Å². The average molecular weight is 249 g/mol. The van der Waals surface area contributed by atoms with Gasteiger partial charge < -0.3 is 5.11 Å². The van der Waals surface area contributed by atoms with Crippen LogP contribution in [0.2, 0.25) is 0 Å². The van der Waals surface area contributed by atoms with E-state index < -0.39 is 0 Å². The van der Waals surface area contributed by atoms with Crippen molar-refractivity contribution in [1.29, 1.82) is 0 Å². The van der Waals surface area contributed by atoms with Gasteiger partial charge in [-0.25, -0.2) is 0 Å². The van der Waals surface area contributed by atoms with Crippen LogP contribution in [0.3, 0.4) is 0 Å². The van der Waals surface area contributed by atoms with Crippen LogP contribution in [0, 0.1) is 23.2 Å². The van der Waals surface area contributed by atoms with Gasteiger partial charge in [0.1, 0.15) is 0 Å². The SMILES string of the molecule is OC[C@H]1CCCN1CC12CC3CC(CC(C3)C1)C2. The van der Waals surface area contributed by atoms with E-state index in [0.29, 0.717) is 18.1 Å². The summed E-state index contributed by atoms with van der Waals surface area (Å²) in [5.41, 5.74) is 0.659. The minimum absolute atomic E-state index is 0.381. The monoisotopic (exact) mass is 249 g/mol. The molecule has 0 spiro atoms. The molecule has 0 radical (unpaired) electrons. The molecule has 5 rings (SSSR count). The van der Waals surface area contributed by atoms with Crippen molar-refractivity contribution in [3.05, 3.63) is 0 Å². The van der Waals surface area contributed by atoms with Crippen LogP contribution in [0.25, 0.3) is 0 Å². The molecule has 0 amide bonds. The maximum absolute atomic E-state index is 9.51. The zero-order valence-electron chi connectivity index (χ0n) is 11.5. The summed E-state index contributed by atoms with van der Waals surface area (Å²) in [6.45, 7) is 2.93. The third kappa shape index (κ3) is 1.84. The lowest BCUT2D eigenvalue weighted by molar-refractivity contribution is -0.0725. The van der Waals surface area contributed by atoms with E-state index in [9.17, 15) is 5.11 Å². The lowest BCUT2D eigenvalue weighted by Crippen LogP contribution is -2.52. The first kappa shape index (κ1) is 11.7. The van der Waals surface area contributed by atoms with Crippen molar-refractivity contribution in [1.82, 2.24) is 4.90 Å². The number of aliphatic hydroxyl groups is 1. The van der Waals surface area contributed by atoms with Gasteiger partial charge in [0.25, 0.3) is 0 Å². The van der Waals surface area contributed by atoms with E-state index in [0.717, 1.165) is 17.8 Å². The van der Waals surface area contributed by atoms with Crippen LogP contribution in [0.1, 0.15) is 51.4 Å². The van der Waals surface area contributed by atoms with E-state index in [4.69, 9.17) is 0 Å². The van der Waals surface area contributed by atoms with Gasteiger partial charge >= 0.3 is 0 Å². The third-order valence-corrected chi connectivity index (χ3v) is 6.41. The molecule has 4 aliphatic carbocycles. The molecule has 18 heavy (non-hydrogen) atoms. The van der Waals surface area contributed by atoms with Crippen molar-refractivity contribution in [2.24, 2.45) is 23.2 Å². The number of rotatable bonds is 3. The Morgan fingerprint density at radius 2 is 1.61 bits per heavy atom. The molecular weight excluding hydrogens is 222 g/mol. The second-order valence-corrected chi connectivity index (χ2v) is 7.87. The highest BCUT2D eigenvalue weighted by Gasteiger charge is 2.51. The van der Waals surface area contributed by atoms with Gasteiger partial charge in [-0.05, 0) is 81.1 Å². The number of aliphatic hydroxyl groups excluding tert-OH is 1. The van der Waals surface area contributed by atoms with Gasteiger partial charge in [0.15, 0.2) is 0 Å². The molecule has 1 atom stereocenters. The summed E-state index contributed by atoms with van der Waals surface area (Å²) >= 11 is 0. The summed E-state index contributed by atoms with van der Waals surface area (Å²) in [5, 5.41) is 9.51. The molecule has 5 fully saturated rings. The number of likely N-dealkylation sites (tertiary alicyclic amines) is 1. The third-order valence-electron chi connectivity index (χ3n) is 6.41. The molecule has 2 heteroatoms. The summed E-state index contributed by atoms with van der Waals surface area (Å²) in [6, 6.07) is 0.484. The fourth-order valence-electron chi connectivity index (χ4n) is 6.22. The molecule has 0 unspecified atom stereocenters. The normalized spacial score (nSPS) is 51.2. The summed E-state index contributed by atoms with van der Waals surface area (Å²) in [4.78, 5) is 2.63. The molecule has 1 heterocycles.